The van der Waals surface area contributed by atoms with E-state index in [9.17, 15) is 0 Å². The van der Waals surface area contributed by atoms with Gasteiger partial charge < -0.3 is 5.73 Å². The number of hydrogen-bond acceptors (Lipinski definition) is 3. The highest BCUT2D eigenvalue weighted by Crippen LogP contribution is 2.32. The highest BCUT2D eigenvalue weighted by molar-refractivity contribution is 7.10. The number of thiophene rings is 1. The van der Waals surface area contributed by atoms with Crippen molar-refractivity contribution in [1.29, 1.82) is 0 Å². The standard InChI is InChI=1S/C12H16ClN3S/c1-3-16-6-9(5-15-16)4-10(14)12-11(13)8(2)7-17-12/h5-7,10H,3-4,14H2,1-2H3. The van der Waals surface area contributed by atoms with Crippen LogP contribution in [-0.4, -0.2) is 9.78 Å². The van der Waals surface area contributed by atoms with E-state index in [1.54, 1.807) is 11.3 Å². The first-order valence-electron chi connectivity index (χ1n) is 5.62. The third-order valence-electron chi connectivity index (χ3n) is 2.73. The van der Waals surface area contributed by atoms with E-state index in [1.807, 2.05) is 29.4 Å². The molecular weight excluding hydrogens is 254 g/mol. The van der Waals surface area contributed by atoms with Crippen molar-refractivity contribution in [2.24, 2.45) is 5.73 Å². The van der Waals surface area contributed by atoms with Gasteiger partial charge in [-0.05, 0) is 36.8 Å². The van der Waals surface area contributed by atoms with Gasteiger partial charge in [0.1, 0.15) is 0 Å². The average molecular weight is 270 g/mol. The number of nitrogens with two attached hydrogens (primary N) is 1. The lowest BCUT2D eigenvalue weighted by Crippen LogP contribution is -2.12. The van der Waals surface area contributed by atoms with Crippen LogP contribution in [0.2, 0.25) is 5.02 Å². The molecule has 2 heterocycles. The number of rotatable bonds is 4. The lowest BCUT2D eigenvalue weighted by molar-refractivity contribution is 0.657. The minimum Gasteiger partial charge on any atom is -0.323 e. The molecule has 0 amide bonds. The third-order valence-corrected chi connectivity index (χ3v) is 4.57. The number of halogens is 1. The van der Waals surface area contributed by atoms with Crippen molar-refractivity contribution < 1.29 is 0 Å². The van der Waals surface area contributed by atoms with Crippen molar-refractivity contribution in [2.75, 3.05) is 0 Å². The summed E-state index contributed by atoms with van der Waals surface area (Å²) in [5.74, 6) is 0. The zero-order valence-electron chi connectivity index (χ0n) is 9.98. The first kappa shape index (κ1) is 12.6. The fourth-order valence-corrected chi connectivity index (χ4v) is 3.07. The van der Waals surface area contributed by atoms with Crippen molar-refractivity contribution in [3.05, 3.63) is 38.8 Å². The summed E-state index contributed by atoms with van der Waals surface area (Å²) in [5.41, 5.74) is 8.44. The Bertz CT molecular complexity index is 504. The van der Waals surface area contributed by atoms with Crippen LogP contribution >= 0.6 is 22.9 Å². The van der Waals surface area contributed by atoms with Crippen LogP contribution in [-0.2, 0) is 13.0 Å². The van der Waals surface area contributed by atoms with E-state index in [0.29, 0.717) is 0 Å². The van der Waals surface area contributed by atoms with Crippen molar-refractivity contribution in [1.82, 2.24) is 9.78 Å². The molecule has 0 bridgehead atoms. The van der Waals surface area contributed by atoms with Gasteiger partial charge in [-0.2, -0.15) is 5.10 Å². The monoisotopic (exact) mass is 269 g/mol. The summed E-state index contributed by atoms with van der Waals surface area (Å²) in [6, 6.07) is -0.0456. The molecule has 0 aliphatic carbocycles. The van der Waals surface area contributed by atoms with Gasteiger partial charge in [0.15, 0.2) is 0 Å². The zero-order chi connectivity index (χ0) is 12.4. The molecule has 2 rings (SSSR count). The van der Waals surface area contributed by atoms with Crippen LogP contribution < -0.4 is 5.73 Å². The Hall–Kier alpha value is -0.840. The number of nitrogens with zero attached hydrogens (tertiary/aromatic N) is 2. The normalized spacial score (nSPS) is 12.9. The largest absolute Gasteiger partial charge is 0.323 e. The zero-order valence-corrected chi connectivity index (χ0v) is 11.6. The first-order valence-corrected chi connectivity index (χ1v) is 6.88. The molecule has 1 unspecified atom stereocenters. The molecule has 0 radical (unpaired) electrons. The molecule has 2 aromatic rings. The summed E-state index contributed by atoms with van der Waals surface area (Å²) in [6.45, 7) is 4.95. The first-order chi connectivity index (χ1) is 8.11. The molecule has 0 aromatic carbocycles. The molecule has 0 fully saturated rings. The van der Waals surface area contributed by atoms with Gasteiger partial charge in [0.25, 0.3) is 0 Å². The molecule has 1 atom stereocenters. The maximum atomic E-state index is 6.21. The summed E-state index contributed by atoms with van der Waals surface area (Å²) in [5, 5.41) is 7.10. The summed E-state index contributed by atoms with van der Waals surface area (Å²) in [6.07, 6.45) is 4.69. The van der Waals surface area contributed by atoms with Crippen molar-refractivity contribution >= 4 is 22.9 Å². The maximum Gasteiger partial charge on any atom is 0.0590 e. The van der Waals surface area contributed by atoms with Gasteiger partial charge in [0.05, 0.1) is 11.2 Å². The van der Waals surface area contributed by atoms with Crippen LogP contribution in [0.3, 0.4) is 0 Å². The number of aryl methyl sites for hydroxylation is 2. The van der Waals surface area contributed by atoms with Gasteiger partial charge in [-0.3, -0.25) is 4.68 Å². The minimum atomic E-state index is -0.0456. The van der Waals surface area contributed by atoms with E-state index in [2.05, 4.69) is 12.0 Å². The Balaban J connectivity index is 2.11. The molecule has 17 heavy (non-hydrogen) atoms. The number of hydrogen-bond donors (Lipinski definition) is 1. The predicted octanol–water partition coefficient (Wildman–Crippen LogP) is 3.17. The topological polar surface area (TPSA) is 43.8 Å². The fourth-order valence-electron chi connectivity index (χ4n) is 1.73. The Kier molecular flexibility index (Phi) is 3.86. The summed E-state index contributed by atoms with van der Waals surface area (Å²) >= 11 is 7.84. The van der Waals surface area contributed by atoms with E-state index >= 15 is 0 Å². The third kappa shape index (κ3) is 2.70. The summed E-state index contributed by atoms with van der Waals surface area (Å²) in [7, 11) is 0. The maximum absolute atomic E-state index is 6.21. The van der Waals surface area contributed by atoms with Gasteiger partial charge in [-0.1, -0.05) is 11.6 Å². The van der Waals surface area contributed by atoms with Crippen LogP contribution in [0.25, 0.3) is 0 Å². The molecule has 2 aromatic heterocycles. The van der Waals surface area contributed by atoms with Crippen molar-refractivity contribution in [3.63, 3.8) is 0 Å². The second-order valence-corrected chi connectivity index (χ2v) is 5.40. The second-order valence-electron chi connectivity index (χ2n) is 4.11. The second kappa shape index (κ2) is 5.21. The quantitative estimate of drug-likeness (QED) is 0.927. The van der Waals surface area contributed by atoms with Gasteiger partial charge >= 0.3 is 0 Å². The molecule has 0 aliphatic heterocycles. The fraction of sp³-hybridized carbons (Fsp3) is 0.417. The molecule has 2 N–H and O–H groups in total. The molecule has 0 aliphatic rings. The van der Waals surface area contributed by atoms with Gasteiger partial charge in [-0.25, -0.2) is 0 Å². The van der Waals surface area contributed by atoms with Crippen LogP contribution in [0.4, 0.5) is 0 Å². The highest BCUT2D eigenvalue weighted by atomic mass is 35.5. The van der Waals surface area contributed by atoms with Gasteiger partial charge in [0.2, 0.25) is 0 Å². The average Bonchev–Trinajstić information content (AvgIpc) is 2.88. The van der Waals surface area contributed by atoms with Crippen LogP contribution in [0.15, 0.2) is 17.8 Å². The van der Waals surface area contributed by atoms with E-state index < -0.39 is 0 Å². The highest BCUT2D eigenvalue weighted by Gasteiger charge is 2.15. The Labute approximate surface area is 110 Å². The molecule has 3 nitrogen and oxygen atoms in total. The summed E-state index contributed by atoms with van der Waals surface area (Å²) < 4.78 is 1.91. The van der Waals surface area contributed by atoms with E-state index in [1.165, 1.54) is 0 Å². The smallest absolute Gasteiger partial charge is 0.0590 e. The van der Waals surface area contributed by atoms with E-state index in [-0.39, 0.29) is 6.04 Å². The Morgan fingerprint density at radius 3 is 2.88 bits per heavy atom. The van der Waals surface area contributed by atoms with Crippen molar-refractivity contribution in [2.45, 2.75) is 32.9 Å². The molecule has 0 saturated heterocycles. The van der Waals surface area contributed by atoms with Gasteiger partial charge in [-0.15, -0.1) is 11.3 Å². The van der Waals surface area contributed by atoms with Crippen LogP contribution in [0.1, 0.15) is 29.0 Å². The SMILES string of the molecule is CCn1cc(CC(N)c2scc(C)c2Cl)cn1. The molecule has 0 spiro atoms. The molecular formula is C12H16ClN3S. The lowest BCUT2D eigenvalue weighted by Gasteiger charge is -2.08. The van der Waals surface area contributed by atoms with E-state index in [4.69, 9.17) is 17.3 Å². The van der Waals surface area contributed by atoms with Crippen LogP contribution in [0.5, 0.6) is 0 Å². The molecule has 5 heteroatoms. The number of aromatic nitrogens is 2. The van der Waals surface area contributed by atoms with Crippen molar-refractivity contribution in [3.8, 4) is 0 Å². The van der Waals surface area contributed by atoms with E-state index in [0.717, 1.165) is 34.0 Å². The predicted molar refractivity (Wildman–Crippen MR) is 72.6 cm³/mol. The lowest BCUT2D eigenvalue weighted by atomic mass is 10.1. The molecule has 92 valence electrons. The summed E-state index contributed by atoms with van der Waals surface area (Å²) in [4.78, 5) is 1.06. The Morgan fingerprint density at radius 2 is 2.35 bits per heavy atom. The minimum absolute atomic E-state index is 0.0456. The van der Waals surface area contributed by atoms with Gasteiger partial charge in [0, 0.05) is 23.7 Å². The molecule has 0 saturated carbocycles. The Morgan fingerprint density at radius 1 is 1.59 bits per heavy atom. The van der Waals surface area contributed by atoms with Crippen LogP contribution in [0, 0.1) is 6.92 Å².